The normalized spacial score (nSPS) is 16.1. The smallest absolute Gasteiger partial charge is 0.222 e. The van der Waals surface area contributed by atoms with Crippen LogP contribution in [0.25, 0.3) is 0 Å². The molecule has 0 unspecified atom stereocenters. The molecule has 0 radical (unpaired) electrons. The summed E-state index contributed by atoms with van der Waals surface area (Å²) in [7, 11) is 0. The first kappa shape index (κ1) is 6.19. The van der Waals surface area contributed by atoms with Gasteiger partial charge in [0.1, 0.15) is 0 Å². The zero-order chi connectivity index (χ0) is 6.97. The van der Waals surface area contributed by atoms with E-state index in [9.17, 15) is 0 Å². The van der Waals surface area contributed by atoms with Crippen LogP contribution in [0, 0.1) is 6.92 Å². The van der Waals surface area contributed by atoms with E-state index in [-0.39, 0.29) is 0 Å². The van der Waals surface area contributed by atoms with E-state index in [1.807, 2.05) is 0 Å². The predicted octanol–water partition coefficient (Wildman–Crippen LogP) is 1.92. The Bertz CT molecular complexity index is 242. The Morgan fingerprint density at radius 2 is 2.50 bits per heavy atom. The van der Waals surface area contributed by atoms with Gasteiger partial charge in [-0.15, -0.1) is 11.3 Å². The Morgan fingerprint density at radius 3 is 3.30 bits per heavy atom. The van der Waals surface area contributed by atoms with Gasteiger partial charge in [0.25, 0.3) is 0 Å². The van der Waals surface area contributed by atoms with Gasteiger partial charge in [0.05, 0.1) is 6.61 Å². The minimum atomic E-state index is 0.685. The van der Waals surface area contributed by atoms with Crippen LogP contribution in [-0.2, 0) is 11.3 Å². The highest BCUT2D eigenvalue weighted by atomic mass is 32.1. The number of hydrogen-bond acceptors (Lipinski definition) is 3. The highest BCUT2D eigenvalue weighted by Crippen LogP contribution is 2.32. The molecule has 0 fully saturated rings. The molecule has 0 saturated carbocycles. The van der Waals surface area contributed by atoms with Crippen molar-refractivity contribution in [3.63, 3.8) is 0 Å². The SMILES string of the molecule is Cc1csc2c1CCOO2. The zero-order valence-electron chi connectivity index (χ0n) is 5.72. The summed E-state index contributed by atoms with van der Waals surface area (Å²) in [5, 5.41) is 3.03. The number of thiophene rings is 1. The van der Waals surface area contributed by atoms with Gasteiger partial charge in [-0.25, -0.2) is 0 Å². The van der Waals surface area contributed by atoms with Gasteiger partial charge in [-0.1, -0.05) is 0 Å². The van der Waals surface area contributed by atoms with Crippen molar-refractivity contribution in [3.8, 4) is 5.06 Å². The molecule has 0 bridgehead atoms. The van der Waals surface area contributed by atoms with Crippen LogP contribution >= 0.6 is 11.3 Å². The summed E-state index contributed by atoms with van der Waals surface area (Å²) in [4.78, 5) is 9.78. The summed E-state index contributed by atoms with van der Waals surface area (Å²) in [6.45, 7) is 2.79. The summed E-state index contributed by atoms with van der Waals surface area (Å²) < 4.78 is 0. The molecule has 2 nitrogen and oxygen atoms in total. The van der Waals surface area contributed by atoms with Crippen molar-refractivity contribution < 1.29 is 9.78 Å². The van der Waals surface area contributed by atoms with Gasteiger partial charge >= 0.3 is 0 Å². The maximum Gasteiger partial charge on any atom is 0.222 e. The van der Waals surface area contributed by atoms with Crippen molar-refractivity contribution in [2.24, 2.45) is 0 Å². The topological polar surface area (TPSA) is 18.5 Å². The first-order valence-electron chi connectivity index (χ1n) is 3.24. The molecule has 2 heterocycles. The highest BCUT2D eigenvalue weighted by Gasteiger charge is 2.15. The lowest BCUT2D eigenvalue weighted by molar-refractivity contribution is -0.211. The average Bonchev–Trinajstić information content (AvgIpc) is 2.34. The van der Waals surface area contributed by atoms with E-state index in [0.29, 0.717) is 6.61 Å². The van der Waals surface area contributed by atoms with Crippen LogP contribution in [0.1, 0.15) is 11.1 Å². The number of fused-ring (bicyclic) bond motifs is 1. The first-order valence-corrected chi connectivity index (χ1v) is 4.12. The van der Waals surface area contributed by atoms with Gasteiger partial charge in [-0.3, -0.25) is 0 Å². The predicted molar refractivity (Wildman–Crippen MR) is 39.3 cm³/mol. The van der Waals surface area contributed by atoms with E-state index in [2.05, 4.69) is 12.3 Å². The minimum absolute atomic E-state index is 0.685. The van der Waals surface area contributed by atoms with Gasteiger partial charge in [0.2, 0.25) is 5.06 Å². The fraction of sp³-hybridized carbons (Fsp3) is 0.429. The van der Waals surface area contributed by atoms with Gasteiger partial charge in [0, 0.05) is 12.0 Å². The van der Waals surface area contributed by atoms with Crippen molar-refractivity contribution in [1.29, 1.82) is 0 Å². The third-order valence-corrected chi connectivity index (χ3v) is 2.64. The van der Waals surface area contributed by atoms with Crippen LogP contribution < -0.4 is 4.89 Å². The lowest BCUT2D eigenvalue weighted by Gasteiger charge is -2.11. The van der Waals surface area contributed by atoms with Crippen LogP contribution in [0.2, 0.25) is 0 Å². The second-order valence-corrected chi connectivity index (χ2v) is 3.18. The Kier molecular flexibility index (Phi) is 1.39. The van der Waals surface area contributed by atoms with E-state index >= 15 is 0 Å². The quantitative estimate of drug-likeness (QED) is 0.534. The molecule has 1 aromatic heterocycles. The Hall–Kier alpha value is -0.540. The summed E-state index contributed by atoms with van der Waals surface area (Å²) in [5.74, 6) is 0. The van der Waals surface area contributed by atoms with Crippen molar-refractivity contribution in [2.75, 3.05) is 6.61 Å². The number of hydrogen-bond donors (Lipinski definition) is 0. The Balaban J connectivity index is 2.45. The molecular weight excluding hydrogens is 148 g/mol. The fourth-order valence-electron chi connectivity index (χ4n) is 1.05. The van der Waals surface area contributed by atoms with Gasteiger partial charge in [0.15, 0.2) is 0 Å². The minimum Gasteiger partial charge on any atom is -0.326 e. The van der Waals surface area contributed by atoms with Crippen molar-refractivity contribution >= 4 is 11.3 Å². The van der Waals surface area contributed by atoms with Crippen molar-refractivity contribution in [1.82, 2.24) is 0 Å². The molecule has 1 aliphatic rings. The van der Waals surface area contributed by atoms with E-state index in [4.69, 9.17) is 9.78 Å². The van der Waals surface area contributed by atoms with Gasteiger partial charge < -0.3 is 4.89 Å². The third-order valence-electron chi connectivity index (χ3n) is 1.64. The van der Waals surface area contributed by atoms with Gasteiger partial charge in [-0.2, -0.15) is 4.89 Å². The van der Waals surface area contributed by atoms with Crippen LogP contribution in [0.3, 0.4) is 0 Å². The lowest BCUT2D eigenvalue weighted by Crippen LogP contribution is -2.09. The highest BCUT2D eigenvalue weighted by molar-refractivity contribution is 7.12. The van der Waals surface area contributed by atoms with Gasteiger partial charge in [-0.05, 0) is 17.9 Å². The van der Waals surface area contributed by atoms with E-state index < -0.39 is 0 Å². The largest absolute Gasteiger partial charge is 0.326 e. The fourth-order valence-corrected chi connectivity index (χ4v) is 1.97. The third kappa shape index (κ3) is 0.822. The molecule has 0 N–H and O–H groups in total. The summed E-state index contributed by atoms with van der Waals surface area (Å²) >= 11 is 1.60. The molecule has 10 heavy (non-hydrogen) atoms. The monoisotopic (exact) mass is 156 g/mol. The van der Waals surface area contributed by atoms with Crippen LogP contribution in [0.15, 0.2) is 5.38 Å². The Morgan fingerprint density at radius 1 is 1.60 bits per heavy atom. The molecule has 1 aromatic rings. The summed E-state index contributed by atoms with van der Waals surface area (Å²) in [6.07, 6.45) is 0.991. The second-order valence-electron chi connectivity index (χ2n) is 2.34. The maximum atomic E-state index is 4.96. The molecule has 0 atom stereocenters. The second kappa shape index (κ2) is 2.25. The molecule has 0 spiro atoms. The van der Waals surface area contributed by atoms with E-state index in [0.717, 1.165) is 11.5 Å². The average molecular weight is 156 g/mol. The maximum absolute atomic E-state index is 4.96. The molecule has 0 aromatic carbocycles. The van der Waals surface area contributed by atoms with Crippen LogP contribution in [-0.4, -0.2) is 6.61 Å². The van der Waals surface area contributed by atoms with Crippen LogP contribution in [0.4, 0.5) is 0 Å². The van der Waals surface area contributed by atoms with E-state index in [1.54, 1.807) is 11.3 Å². The standard InChI is InChI=1S/C7H8O2S/c1-5-4-10-7-6(5)2-3-8-9-7/h4H,2-3H2,1H3. The summed E-state index contributed by atoms with van der Waals surface area (Å²) in [6, 6.07) is 0. The van der Waals surface area contributed by atoms with Crippen molar-refractivity contribution in [2.45, 2.75) is 13.3 Å². The van der Waals surface area contributed by atoms with Crippen molar-refractivity contribution in [3.05, 3.63) is 16.5 Å². The summed E-state index contributed by atoms with van der Waals surface area (Å²) in [5.41, 5.74) is 2.64. The molecule has 0 aliphatic carbocycles. The molecule has 1 aliphatic heterocycles. The molecular formula is C7H8O2S. The molecule has 0 saturated heterocycles. The molecule has 54 valence electrons. The number of aryl methyl sites for hydroxylation is 1. The first-order chi connectivity index (χ1) is 4.88. The van der Waals surface area contributed by atoms with Crippen LogP contribution in [0.5, 0.6) is 5.06 Å². The molecule has 2 rings (SSSR count). The lowest BCUT2D eigenvalue weighted by atomic mass is 10.1. The number of rotatable bonds is 0. The molecule has 0 amide bonds. The Labute approximate surface area is 63.3 Å². The zero-order valence-corrected chi connectivity index (χ0v) is 6.53. The van der Waals surface area contributed by atoms with E-state index in [1.165, 1.54) is 11.1 Å². The molecule has 3 heteroatoms.